The van der Waals surface area contributed by atoms with Gasteiger partial charge in [-0.3, -0.25) is 4.79 Å². The van der Waals surface area contributed by atoms with Crippen molar-refractivity contribution in [3.8, 4) is 0 Å². The average molecular weight is 286 g/mol. The largest absolute Gasteiger partial charge is 0.550 e. The summed E-state index contributed by atoms with van der Waals surface area (Å²) < 4.78 is 5.47. The van der Waals surface area contributed by atoms with Gasteiger partial charge in [0, 0.05) is 17.6 Å². The van der Waals surface area contributed by atoms with Gasteiger partial charge < -0.3 is 20.0 Å². The number of amides is 1. The van der Waals surface area contributed by atoms with Gasteiger partial charge in [0.25, 0.3) is 0 Å². The predicted molar refractivity (Wildman–Crippen MR) is 74.3 cm³/mol. The first-order valence-electron chi connectivity index (χ1n) is 6.89. The lowest BCUT2D eigenvalue weighted by Gasteiger charge is -2.25. The zero-order valence-corrected chi connectivity index (χ0v) is 11.8. The molecule has 2 heterocycles. The number of nitrogens with one attached hydrogen (secondary N) is 1. The Balaban J connectivity index is 1.82. The summed E-state index contributed by atoms with van der Waals surface area (Å²) in [5.74, 6) is -3.25. The highest BCUT2D eigenvalue weighted by Crippen LogP contribution is 2.39. The summed E-state index contributed by atoms with van der Waals surface area (Å²) in [6.45, 7) is 3.88. The highest BCUT2D eigenvalue weighted by Gasteiger charge is 2.50. The van der Waals surface area contributed by atoms with E-state index in [1.807, 2.05) is 32.0 Å². The Morgan fingerprint density at radius 2 is 1.62 bits per heavy atom. The summed E-state index contributed by atoms with van der Waals surface area (Å²) in [5, 5.41) is 14.1. The summed E-state index contributed by atoms with van der Waals surface area (Å²) in [5.41, 5.74) is 2.73. The third-order valence-electron chi connectivity index (χ3n) is 3.96. The number of rotatable bonds is 3. The van der Waals surface area contributed by atoms with Crippen LogP contribution in [0.2, 0.25) is 0 Å². The van der Waals surface area contributed by atoms with Gasteiger partial charge in [0.2, 0.25) is 5.91 Å². The van der Waals surface area contributed by atoms with Crippen LogP contribution in [0.25, 0.3) is 0 Å². The molecule has 5 heteroatoms. The first kappa shape index (κ1) is 13.8. The lowest BCUT2D eigenvalue weighted by Crippen LogP contribution is -2.45. The maximum absolute atomic E-state index is 12.4. The first-order valence-corrected chi connectivity index (χ1v) is 6.89. The van der Waals surface area contributed by atoms with Crippen molar-refractivity contribution in [3.63, 3.8) is 0 Å². The Bertz CT molecular complexity index is 617. The smallest absolute Gasteiger partial charge is 0.231 e. The summed E-state index contributed by atoms with van der Waals surface area (Å²) in [7, 11) is 0. The number of carbonyl (C=O) groups excluding carboxylic acids is 2. The minimum atomic E-state index is -1.24. The molecule has 5 nitrogen and oxygen atoms in total. The zero-order chi connectivity index (χ0) is 15.1. The number of fused-ring (bicyclic) bond motifs is 2. The molecule has 1 saturated heterocycles. The second kappa shape index (κ2) is 5.00. The molecule has 0 aromatic heterocycles. The van der Waals surface area contributed by atoms with Gasteiger partial charge in [-0.25, -0.2) is 0 Å². The summed E-state index contributed by atoms with van der Waals surface area (Å²) in [4.78, 5) is 23.7. The van der Waals surface area contributed by atoms with Crippen molar-refractivity contribution in [1.82, 2.24) is 0 Å². The van der Waals surface area contributed by atoms with E-state index in [2.05, 4.69) is 5.32 Å². The van der Waals surface area contributed by atoms with E-state index >= 15 is 0 Å². The van der Waals surface area contributed by atoms with Crippen molar-refractivity contribution >= 4 is 17.6 Å². The Morgan fingerprint density at radius 3 is 2.19 bits per heavy atom. The fourth-order valence-corrected chi connectivity index (χ4v) is 3.17. The lowest BCUT2D eigenvalue weighted by molar-refractivity contribution is -0.313. The minimum absolute atomic E-state index is 0.342. The Morgan fingerprint density at radius 1 is 1.05 bits per heavy atom. The molecule has 110 valence electrons. The fraction of sp³-hybridized carbons (Fsp3) is 0.375. The van der Waals surface area contributed by atoms with Crippen molar-refractivity contribution in [1.29, 1.82) is 0 Å². The molecular weight excluding hydrogens is 270 g/mol. The van der Waals surface area contributed by atoms with E-state index in [1.165, 1.54) is 0 Å². The van der Waals surface area contributed by atoms with E-state index in [0.717, 1.165) is 11.1 Å². The Labute approximate surface area is 122 Å². The molecule has 1 aromatic rings. The molecule has 2 bridgehead atoms. The molecule has 0 radical (unpaired) electrons. The maximum Gasteiger partial charge on any atom is 0.231 e. The van der Waals surface area contributed by atoms with Crippen molar-refractivity contribution in [2.45, 2.75) is 26.1 Å². The molecule has 3 rings (SSSR count). The summed E-state index contributed by atoms with van der Waals surface area (Å²) in [6.07, 6.45) is 2.39. The van der Waals surface area contributed by atoms with Crippen LogP contribution in [0.3, 0.4) is 0 Å². The third-order valence-corrected chi connectivity index (χ3v) is 3.96. The highest BCUT2D eigenvalue weighted by molar-refractivity contribution is 5.96. The first-order chi connectivity index (χ1) is 9.95. The van der Waals surface area contributed by atoms with Crippen LogP contribution in [-0.4, -0.2) is 24.1 Å². The Hall–Kier alpha value is -2.14. The fourth-order valence-electron chi connectivity index (χ4n) is 3.17. The summed E-state index contributed by atoms with van der Waals surface area (Å²) in [6, 6.07) is 5.70. The van der Waals surface area contributed by atoms with Gasteiger partial charge >= 0.3 is 0 Å². The van der Waals surface area contributed by atoms with Gasteiger partial charge in [0.15, 0.2) is 0 Å². The van der Waals surface area contributed by atoms with E-state index in [9.17, 15) is 14.7 Å². The van der Waals surface area contributed by atoms with Crippen LogP contribution in [0.5, 0.6) is 0 Å². The van der Waals surface area contributed by atoms with Crippen LogP contribution in [0.15, 0.2) is 30.4 Å². The van der Waals surface area contributed by atoms with Crippen molar-refractivity contribution in [2.24, 2.45) is 11.8 Å². The van der Waals surface area contributed by atoms with E-state index in [-0.39, 0.29) is 5.91 Å². The Kier molecular flexibility index (Phi) is 3.29. The number of carboxylic acid groups (broad SMARTS) is 1. The van der Waals surface area contributed by atoms with E-state index in [4.69, 9.17) is 4.74 Å². The van der Waals surface area contributed by atoms with E-state index < -0.39 is 30.0 Å². The quantitative estimate of drug-likeness (QED) is 0.824. The number of carbonyl (C=O) groups is 2. The van der Waals surface area contributed by atoms with Gasteiger partial charge in [-0.1, -0.05) is 18.2 Å². The minimum Gasteiger partial charge on any atom is -0.550 e. The number of anilines is 1. The van der Waals surface area contributed by atoms with Crippen molar-refractivity contribution in [2.75, 3.05) is 5.32 Å². The summed E-state index contributed by atoms with van der Waals surface area (Å²) >= 11 is 0. The van der Waals surface area contributed by atoms with Crippen LogP contribution in [0.1, 0.15) is 11.1 Å². The number of aryl methyl sites for hydroxylation is 2. The van der Waals surface area contributed by atoms with E-state index in [1.54, 1.807) is 12.2 Å². The standard InChI is InChI=1S/C16H17NO4/c1-8-5-9(2)7-10(6-8)17-15(18)13-11-3-4-12(21-11)14(13)16(19)20/h3-7,11-14H,1-2H3,(H,17,18)(H,19,20)/p-1/t11-,12+,13+,14-/m0/s1. The third kappa shape index (κ3) is 2.45. The van der Waals surface area contributed by atoms with Gasteiger partial charge in [0.05, 0.1) is 18.1 Å². The predicted octanol–water partition coefficient (Wildman–Crippen LogP) is 0.561. The molecule has 1 aromatic carbocycles. The van der Waals surface area contributed by atoms with E-state index in [0.29, 0.717) is 5.69 Å². The molecule has 0 unspecified atom stereocenters. The molecule has 1 N–H and O–H groups in total. The van der Waals surface area contributed by atoms with Crippen LogP contribution in [-0.2, 0) is 14.3 Å². The molecule has 0 aliphatic carbocycles. The monoisotopic (exact) mass is 286 g/mol. The molecule has 21 heavy (non-hydrogen) atoms. The topological polar surface area (TPSA) is 78.5 Å². The van der Waals surface area contributed by atoms with Gasteiger partial charge in [-0.15, -0.1) is 0 Å². The zero-order valence-electron chi connectivity index (χ0n) is 11.8. The van der Waals surface area contributed by atoms with Crippen LogP contribution in [0.4, 0.5) is 5.69 Å². The number of benzene rings is 1. The van der Waals surface area contributed by atoms with Crippen molar-refractivity contribution < 1.29 is 19.4 Å². The molecule has 1 amide bonds. The average Bonchev–Trinajstić information content (AvgIpc) is 2.96. The van der Waals surface area contributed by atoms with Crippen LogP contribution < -0.4 is 10.4 Å². The highest BCUT2D eigenvalue weighted by atomic mass is 16.5. The van der Waals surface area contributed by atoms with Crippen molar-refractivity contribution in [3.05, 3.63) is 41.5 Å². The number of hydrogen-bond donors (Lipinski definition) is 1. The number of aliphatic carboxylic acids is 1. The molecule has 2 aliphatic rings. The molecule has 1 fully saturated rings. The normalized spacial score (nSPS) is 29.6. The molecule has 2 aliphatic heterocycles. The second-order valence-corrected chi connectivity index (χ2v) is 5.69. The lowest BCUT2D eigenvalue weighted by atomic mass is 9.82. The van der Waals surface area contributed by atoms with Gasteiger partial charge in [0.1, 0.15) is 0 Å². The molecule has 0 saturated carbocycles. The molecule has 4 atom stereocenters. The van der Waals surface area contributed by atoms with Gasteiger partial charge in [-0.2, -0.15) is 0 Å². The molecular formula is C16H16NO4-. The number of carboxylic acids is 1. The second-order valence-electron chi connectivity index (χ2n) is 5.69. The van der Waals surface area contributed by atoms with Crippen LogP contribution >= 0.6 is 0 Å². The number of ether oxygens (including phenoxy) is 1. The number of hydrogen-bond acceptors (Lipinski definition) is 4. The maximum atomic E-state index is 12.4. The van der Waals surface area contributed by atoms with Crippen LogP contribution in [0, 0.1) is 25.7 Å². The van der Waals surface area contributed by atoms with Gasteiger partial charge in [-0.05, 0) is 37.1 Å². The SMILES string of the molecule is Cc1cc(C)cc(NC(=O)[C@H]2[C@@H](C(=O)[O-])[C@H]3C=C[C@@H]2O3)c1. The molecule has 0 spiro atoms.